The van der Waals surface area contributed by atoms with Crippen LogP contribution in [0.4, 0.5) is 13.2 Å². The van der Waals surface area contributed by atoms with Gasteiger partial charge in [0.15, 0.2) is 0 Å². The van der Waals surface area contributed by atoms with Crippen LogP contribution < -0.4 is 5.73 Å². The van der Waals surface area contributed by atoms with Crippen molar-refractivity contribution in [1.82, 2.24) is 4.98 Å². The van der Waals surface area contributed by atoms with Gasteiger partial charge < -0.3 is 5.73 Å². The van der Waals surface area contributed by atoms with Crippen molar-refractivity contribution in [2.75, 3.05) is 0 Å². The Hall–Kier alpha value is -0.810. The predicted octanol–water partition coefficient (Wildman–Crippen LogP) is 2.54. The van der Waals surface area contributed by atoms with Crippen LogP contribution in [0.15, 0.2) is 18.3 Å². The fourth-order valence-corrected chi connectivity index (χ4v) is 0.842. The predicted molar refractivity (Wildman–Crippen MR) is 49.1 cm³/mol. The van der Waals surface area contributed by atoms with Gasteiger partial charge in [-0.25, -0.2) is 0 Å². The molecule has 1 aromatic heterocycles. The Morgan fingerprint density at radius 2 is 1.93 bits per heavy atom. The summed E-state index contributed by atoms with van der Waals surface area (Å²) in [7, 11) is 0. The van der Waals surface area contributed by atoms with Gasteiger partial charge >= 0.3 is 6.18 Å². The van der Waals surface area contributed by atoms with E-state index in [1.807, 2.05) is 0 Å². The minimum absolute atomic E-state index is 0. The average Bonchev–Trinajstić information content (AvgIpc) is 2.03. The van der Waals surface area contributed by atoms with Crippen molar-refractivity contribution in [1.29, 1.82) is 0 Å². The molecule has 1 atom stereocenters. The Balaban J connectivity index is 0.00000169. The fourth-order valence-electron chi connectivity index (χ4n) is 0.842. The molecule has 2 nitrogen and oxygen atoms in total. The van der Waals surface area contributed by atoms with Gasteiger partial charge in [-0.05, 0) is 19.1 Å². The maximum absolute atomic E-state index is 12.0. The van der Waals surface area contributed by atoms with Crippen LogP contribution in [0, 0.1) is 0 Å². The number of nitrogens with zero attached hydrogens (tertiary/aromatic N) is 1. The van der Waals surface area contributed by atoms with Crippen molar-refractivity contribution >= 4 is 12.4 Å². The molecule has 1 rings (SSSR count). The molecule has 2 N–H and O–H groups in total. The summed E-state index contributed by atoms with van der Waals surface area (Å²) in [6, 6.07) is 1.92. The van der Waals surface area contributed by atoms with Gasteiger partial charge in [0, 0.05) is 12.2 Å². The summed E-state index contributed by atoms with van der Waals surface area (Å²) >= 11 is 0. The Morgan fingerprint density at radius 1 is 1.36 bits per heavy atom. The second-order valence-corrected chi connectivity index (χ2v) is 2.76. The third-order valence-electron chi connectivity index (χ3n) is 1.58. The molecule has 0 saturated heterocycles. The van der Waals surface area contributed by atoms with Gasteiger partial charge in [-0.15, -0.1) is 12.4 Å². The summed E-state index contributed by atoms with van der Waals surface area (Å²) in [4.78, 5) is 3.60. The first kappa shape index (κ1) is 13.2. The van der Waals surface area contributed by atoms with Crippen LogP contribution in [0.25, 0.3) is 0 Å². The molecule has 0 aliphatic carbocycles. The summed E-state index contributed by atoms with van der Waals surface area (Å²) in [5.41, 5.74) is 5.13. The summed E-state index contributed by atoms with van der Waals surface area (Å²) in [6.45, 7) is 1.66. The number of rotatable bonds is 1. The summed E-state index contributed by atoms with van der Waals surface area (Å²) in [6.07, 6.45) is -3.54. The summed E-state index contributed by atoms with van der Waals surface area (Å²) < 4.78 is 36.1. The largest absolute Gasteiger partial charge is 0.417 e. The van der Waals surface area contributed by atoms with E-state index in [-0.39, 0.29) is 18.4 Å². The molecule has 14 heavy (non-hydrogen) atoms. The quantitative estimate of drug-likeness (QED) is 0.799. The highest BCUT2D eigenvalue weighted by Crippen LogP contribution is 2.28. The molecule has 80 valence electrons. The van der Waals surface area contributed by atoms with Crippen LogP contribution in [0.2, 0.25) is 0 Å². The second kappa shape index (κ2) is 4.61. The minimum atomic E-state index is -4.33. The molecule has 1 aromatic rings. The first-order chi connectivity index (χ1) is 5.91. The lowest BCUT2D eigenvalue weighted by atomic mass is 10.2. The lowest BCUT2D eigenvalue weighted by Crippen LogP contribution is -2.10. The standard InChI is InChI=1S/C8H9F3N2.ClH/c1-5(12)7-3-2-6(4-13-7)8(9,10)11;/h2-5H,12H2,1H3;1H/t5-;/m0./s1. The van der Waals surface area contributed by atoms with E-state index in [0.717, 1.165) is 12.3 Å². The molecule has 0 aromatic carbocycles. The van der Waals surface area contributed by atoms with Gasteiger partial charge in [0.2, 0.25) is 0 Å². The lowest BCUT2D eigenvalue weighted by molar-refractivity contribution is -0.137. The molecule has 0 fully saturated rings. The van der Waals surface area contributed by atoms with Crippen LogP contribution in [-0.4, -0.2) is 4.98 Å². The molecule has 0 amide bonds. The zero-order valence-corrected chi connectivity index (χ0v) is 8.19. The number of hydrogen-bond donors (Lipinski definition) is 1. The highest BCUT2D eigenvalue weighted by Gasteiger charge is 2.30. The Bertz CT molecular complexity index is 282. The van der Waals surface area contributed by atoms with E-state index in [4.69, 9.17) is 5.73 Å². The third kappa shape index (κ3) is 3.16. The Morgan fingerprint density at radius 3 is 2.21 bits per heavy atom. The van der Waals surface area contributed by atoms with E-state index >= 15 is 0 Å². The molecule has 0 aliphatic rings. The van der Waals surface area contributed by atoms with E-state index in [2.05, 4.69) is 4.98 Å². The van der Waals surface area contributed by atoms with E-state index in [9.17, 15) is 13.2 Å². The molecular formula is C8H10ClF3N2. The van der Waals surface area contributed by atoms with E-state index in [1.54, 1.807) is 6.92 Å². The van der Waals surface area contributed by atoms with Gasteiger partial charge in [-0.3, -0.25) is 4.98 Å². The molecule has 0 spiro atoms. The molecule has 6 heteroatoms. The van der Waals surface area contributed by atoms with E-state index < -0.39 is 11.7 Å². The van der Waals surface area contributed by atoms with Crippen molar-refractivity contribution in [2.45, 2.75) is 19.1 Å². The fraction of sp³-hybridized carbons (Fsp3) is 0.375. The SMILES string of the molecule is C[C@H](N)c1ccc(C(F)(F)F)cn1.Cl. The zero-order valence-electron chi connectivity index (χ0n) is 7.38. The number of pyridine rings is 1. The monoisotopic (exact) mass is 226 g/mol. The van der Waals surface area contributed by atoms with Crippen molar-refractivity contribution in [2.24, 2.45) is 5.73 Å². The second-order valence-electron chi connectivity index (χ2n) is 2.76. The molecule has 0 saturated carbocycles. The lowest BCUT2D eigenvalue weighted by Gasteiger charge is -2.08. The van der Waals surface area contributed by atoms with Crippen molar-refractivity contribution in [3.05, 3.63) is 29.6 Å². The van der Waals surface area contributed by atoms with Gasteiger partial charge in [0.1, 0.15) is 0 Å². The smallest absolute Gasteiger partial charge is 0.323 e. The van der Waals surface area contributed by atoms with Gasteiger partial charge in [-0.2, -0.15) is 13.2 Å². The van der Waals surface area contributed by atoms with Crippen LogP contribution in [0.1, 0.15) is 24.2 Å². The average molecular weight is 227 g/mol. The van der Waals surface area contributed by atoms with Crippen LogP contribution in [-0.2, 0) is 6.18 Å². The number of hydrogen-bond acceptors (Lipinski definition) is 2. The maximum Gasteiger partial charge on any atom is 0.417 e. The summed E-state index contributed by atoms with van der Waals surface area (Å²) in [5.74, 6) is 0. The first-order valence-electron chi connectivity index (χ1n) is 3.70. The molecule has 1 heterocycles. The molecule has 0 bridgehead atoms. The highest BCUT2D eigenvalue weighted by molar-refractivity contribution is 5.85. The van der Waals surface area contributed by atoms with Crippen molar-refractivity contribution in [3.63, 3.8) is 0 Å². The van der Waals surface area contributed by atoms with Crippen LogP contribution >= 0.6 is 12.4 Å². The topological polar surface area (TPSA) is 38.9 Å². The highest BCUT2D eigenvalue weighted by atomic mass is 35.5. The van der Waals surface area contributed by atoms with E-state index in [0.29, 0.717) is 5.69 Å². The normalized spacial score (nSPS) is 13.2. The molecule has 0 unspecified atom stereocenters. The molecule has 0 aliphatic heterocycles. The van der Waals surface area contributed by atoms with Gasteiger partial charge in [0.25, 0.3) is 0 Å². The number of nitrogens with two attached hydrogens (primary N) is 1. The van der Waals surface area contributed by atoms with Crippen molar-refractivity contribution in [3.8, 4) is 0 Å². The molecular weight excluding hydrogens is 217 g/mol. The Labute approximate surface area is 85.7 Å². The maximum atomic E-state index is 12.0. The van der Waals surface area contributed by atoms with Crippen molar-refractivity contribution < 1.29 is 13.2 Å². The minimum Gasteiger partial charge on any atom is -0.323 e. The number of halogens is 4. The summed E-state index contributed by atoms with van der Waals surface area (Å²) in [5, 5.41) is 0. The van der Waals surface area contributed by atoms with Gasteiger partial charge in [0.05, 0.1) is 11.3 Å². The van der Waals surface area contributed by atoms with Gasteiger partial charge in [-0.1, -0.05) is 0 Å². The zero-order chi connectivity index (χ0) is 10.1. The third-order valence-corrected chi connectivity index (χ3v) is 1.58. The Kier molecular flexibility index (Phi) is 4.35. The van der Waals surface area contributed by atoms with Crippen LogP contribution in [0.5, 0.6) is 0 Å². The molecule has 0 radical (unpaired) electrons. The van der Waals surface area contributed by atoms with Crippen LogP contribution in [0.3, 0.4) is 0 Å². The number of alkyl halides is 3. The first-order valence-corrected chi connectivity index (χ1v) is 3.70. The number of aromatic nitrogens is 1. The van der Waals surface area contributed by atoms with E-state index in [1.165, 1.54) is 6.07 Å².